The summed E-state index contributed by atoms with van der Waals surface area (Å²) in [5.41, 5.74) is 1.81. The average molecular weight is 348 g/mol. The van der Waals surface area contributed by atoms with Crippen molar-refractivity contribution >= 4 is 17.2 Å². The third-order valence-corrected chi connectivity index (χ3v) is 5.09. The quantitative estimate of drug-likeness (QED) is 0.850. The third kappa shape index (κ3) is 3.84. The van der Waals surface area contributed by atoms with Gasteiger partial charge in [-0.3, -0.25) is 9.69 Å². The molecule has 0 saturated carbocycles. The number of rotatable bonds is 4. The van der Waals surface area contributed by atoms with Gasteiger partial charge in [-0.25, -0.2) is 9.97 Å². The minimum atomic E-state index is -0.0361. The first-order valence-corrected chi connectivity index (χ1v) is 9.33. The van der Waals surface area contributed by atoms with Crippen LogP contribution < -0.4 is 0 Å². The summed E-state index contributed by atoms with van der Waals surface area (Å²) in [7, 11) is 0. The minimum Gasteiger partial charge on any atom is -0.435 e. The lowest BCUT2D eigenvalue weighted by Crippen LogP contribution is -2.35. The Morgan fingerprint density at radius 3 is 2.75 bits per heavy atom. The topological polar surface area (TPSA) is 62.5 Å². The van der Waals surface area contributed by atoms with Gasteiger partial charge < -0.3 is 9.32 Å². The number of aryl methyl sites for hydroxylation is 3. The molecule has 2 aromatic heterocycles. The van der Waals surface area contributed by atoms with Crippen molar-refractivity contribution in [3.05, 3.63) is 33.4 Å². The fourth-order valence-electron chi connectivity index (χ4n) is 2.99. The van der Waals surface area contributed by atoms with Crippen molar-refractivity contribution in [2.24, 2.45) is 0 Å². The lowest BCUT2D eigenvalue weighted by atomic mass is 10.3. The van der Waals surface area contributed by atoms with Crippen molar-refractivity contribution in [3.63, 3.8) is 0 Å². The fourth-order valence-corrected chi connectivity index (χ4v) is 3.59. The second kappa shape index (κ2) is 7.44. The van der Waals surface area contributed by atoms with Crippen LogP contribution in [0.4, 0.5) is 0 Å². The SMILES string of the molecule is CCc1nc(C)c(C(=O)N2CCCN(Cc3csc(C)n3)CC2)o1. The first kappa shape index (κ1) is 17.1. The van der Waals surface area contributed by atoms with Gasteiger partial charge in [0.2, 0.25) is 5.76 Å². The van der Waals surface area contributed by atoms with Gasteiger partial charge in [0.25, 0.3) is 5.91 Å². The molecule has 0 aromatic carbocycles. The Labute approximate surface area is 146 Å². The summed E-state index contributed by atoms with van der Waals surface area (Å²) in [6, 6.07) is 0. The lowest BCUT2D eigenvalue weighted by molar-refractivity contribution is 0.0726. The van der Waals surface area contributed by atoms with Crippen molar-refractivity contribution < 1.29 is 9.21 Å². The van der Waals surface area contributed by atoms with Crippen LogP contribution in [0.2, 0.25) is 0 Å². The second-order valence-corrected chi connectivity index (χ2v) is 7.22. The summed E-state index contributed by atoms with van der Waals surface area (Å²) >= 11 is 1.69. The number of carbonyl (C=O) groups excluding carboxylic acids is 1. The standard InChI is InChI=1S/C17H24N4O2S/c1-4-15-18-12(2)16(23-15)17(22)21-7-5-6-20(8-9-21)10-14-11-24-13(3)19-14/h11H,4-10H2,1-3H3. The van der Waals surface area contributed by atoms with Gasteiger partial charge in [0.15, 0.2) is 5.89 Å². The number of hydrogen-bond donors (Lipinski definition) is 0. The van der Waals surface area contributed by atoms with E-state index < -0.39 is 0 Å². The molecule has 1 amide bonds. The van der Waals surface area contributed by atoms with Crippen LogP contribution in [0, 0.1) is 13.8 Å². The van der Waals surface area contributed by atoms with Gasteiger partial charge in [-0.1, -0.05) is 6.92 Å². The predicted octanol–water partition coefficient (Wildman–Crippen LogP) is 2.66. The number of nitrogens with zero attached hydrogens (tertiary/aromatic N) is 4. The van der Waals surface area contributed by atoms with Crippen LogP contribution in [0.5, 0.6) is 0 Å². The monoisotopic (exact) mass is 348 g/mol. The van der Waals surface area contributed by atoms with Crippen LogP contribution in [-0.4, -0.2) is 51.9 Å². The summed E-state index contributed by atoms with van der Waals surface area (Å²) in [5, 5.41) is 3.22. The minimum absolute atomic E-state index is 0.0361. The van der Waals surface area contributed by atoms with Gasteiger partial charge in [-0.05, 0) is 20.3 Å². The first-order chi connectivity index (χ1) is 11.6. The van der Waals surface area contributed by atoms with Crippen LogP contribution in [0.15, 0.2) is 9.80 Å². The molecule has 3 rings (SSSR count). The van der Waals surface area contributed by atoms with Gasteiger partial charge in [0.05, 0.1) is 16.4 Å². The predicted molar refractivity (Wildman–Crippen MR) is 93.3 cm³/mol. The molecule has 0 radical (unpaired) electrons. The number of thiazole rings is 1. The highest BCUT2D eigenvalue weighted by Gasteiger charge is 2.25. The van der Waals surface area contributed by atoms with E-state index >= 15 is 0 Å². The molecule has 1 aliphatic heterocycles. The van der Waals surface area contributed by atoms with Gasteiger partial charge >= 0.3 is 0 Å². The number of amides is 1. The van der Waals surface area contributed by atoms with Crippen LogP contribution in [-0.2, 0) is 13.0 Å². The Balaban J connectivity index is 1.62. The highest BCUT2D eigenvalue weighted by Crippen LogP contribution is 2.16. The van der Waals surface area contributed by atoms with E-state index in [1.54, 1.807) is 11.3 Å². The largest absolute Gasteiger partial charge is 0.435 e. The van der Waals surface area contributed by atoms with Crippen molar-refractivity contribution in [2.75, 3.05) is 26.2 Å². The smallest absolute Gasteiger partial charge is 0.291 e. The summed E-state index contributed by atoms with van der Waals surface area (Å²) < 4.78 is 5.62. The van der Waals surface area contributed by atoms with E-state index in [2.05, 4.69) is 20.2 Å². The van der Waals surface area contributed by atoms with Crippen molar-refractivity contribution in [2.45, 2.75) is 40.2 Å². The maximum absolute atomic E-state index is 12.7. The molecule has 0 atom stereocenters. The molecule has 3 heterocycles. The Hall–Kier alpha value is -1.73. The molecule has 1 saturated heterocycles. The normalized spacial score (nSPS) is 16.4. The Bertz CT molecular complexity index is 709. The Morgan fingerprint density at radius 2 is 2.08 bits per heavy atom. The zero-order valence-corrected chi connectivity index (χ0v) is 15.4. The summed E-state index contributed by atoms with van der Waals surface area (Å²) in [4.78, 5) is 25.8. The van der Waals surface area contributed by atoms with Crippen LogP contribution in [0.25, 0.3) is 0 Å². The Morgan fingerprint density at radius 1 is 1.25 bits per heavy atom. The van der Waals surface area contributed by atoms with E-state index in [1.807, 2.05) is 25.7 Å². The third-order valence-electron chi connectivity index (χ3n) is 4.27. The van der Waals surface area contributed by atoms with Crippen LogP contribution >= 0.6 is 11.3 Å². The average Bonchev–Trinajstić information content (AvgIpc) is 3.06. The second-order valence-electron chi connectivity index (χ2n) is 6.16. The molecule has 0 spiro atoms. The van der Waals surface area contributed by atoms with Crippen molar-refractivity contribution in [1.29, 1.82) is 0 Å². The summed E-state index contributed by atoms with van der Waals surface area (Å²) in [6.07, 6.45) is 1.66. The molecule has 1 aliphatic rings. The number of aromatic nitrogens is 2. The van der Waals surface area contributed by atoms with E-state index in [4.69, 9.17) is 4.42 Å². The lowest BCUT2D eigenvalue weighted by Gasteiger charge is -2.20. The number of hydrogen-bond acceptors (Lipinski definition) is 6. The maximum Gasteiger partial charge on any atom is 0.291 e. The van der Waals surface area contributed by atoms with Gasteiger partial charge in [-0.15, -0.1) is 11.3 Å². The molecule has 130 valence electrons. The van der Waals surface area contributed by atoms with Crippen LogP contribution in [0.1, 0.15) is 46.2 Å². The molecule has 0 bridgehead atoms. The highest BCUT2D eigenvalue weighted by molar-refractivity contribution is 7.09. The highest BCUT2D eigenvalue weighted by atomic mass is 32.1. The maximum atomic E-state index is 12.7. The van der Waals surface area contributed by atoms with Crippen molar-refractivity contribution in [1.82, 2.24) is 19.8 Å². The molecule has 24 heavy (non-hydrogen) atoms. The number of carbonyl (C=O) groups is 1. The van der Waals surface area contributed by atoms with Gasteiger partial charge in [0, 0.05) is 44.5 Å². The molecule has 0 aliphatic carbocycles. The summed E-state index contributed by atoms with van der Waals surface area (Å²) in [5.74, 6) is 0.993. The Kier molecular flexibility index (Phi) is 5.30. The summed E-state index contributed by atoms with van der Waals surface area (Å²) in [6.45, 7) is 10.0. The number of oxazole rings is 1. The van der Waals surface area contributed by atoms with Crippen LogP contribution in [0.3, 0.4) is 0 Å². The van der Waals surface area contributed by atoms with Gasteiger partial charge in [-0.2, -0.15) is 0 Å². The van der Waals surface area contributed by atoms with E-state index in [1.165, 1.54) is 0 Å². The fraction of sp³-hybridized carbons (Fsp3) is 0.588. The van der Waals surface area contributed by atoms with E-state index in [-0.39, 0.29) is 5.91 Å². The van der Waals surface area contributed by atoms with Crippen molar-refractivity contribution in [3.8, 4) is 0 Å². The molecule has 6 nitrogen and oxygen atoms in total. The molecular formula is C17H24N4O2S. The van der Waals surface area contributed by atoms with E-state index in [9.17, 15) is 4.79 Å². The molecule has 0 N–H and O–H groups in total. The molecule has 2 aromatic rings. The molecular weight excluding hydrogens is 324 g/mol. The first-order valence-electron chi connectivity index (χ1n) is 8.45. The van der Waals surface area contributed by atoms with E-state index in [0.717, 1.165) is 43.3 Å². The zero-order chi connectivity index (χ0) is 17.1. The molecule has 7 heteroatoms. The van der Waals surface area contributed by atoms with Gasteiger partial charge in [0.1, 0.15) is 0 Å². The molecule has 1 fully saturated rings. The molecule has 0 unspecified atom stereocenters. The zero-order valence-electron chi connectivity index (χ0n) is 14.5. The van der Waals surface area contributed by atoms with E-state index in [0.29, 0.717) is 30.3 Å².